The molecule has 1 N–H and O–H groups in total. The summed E-state index contributed by atoms with van der Waals surface area (Å²) in [5.41, 5.74) is -0.262. The topological polar surface area (TPSA) is 37.3 Å². The van der Waals surface area contributed by atoms with Crippen LogP contribution in [-0.4, -0.2) is 16.5 Å². The first-order valence-electron chi connectivity index (χ1n) is 6.20. The predicted molar refractivity (Wildman–Crippen MR) is 72.3 cm³/mol. The predicted octanol–water partition coefficient (Wildman–Crippen LogP) is 3.00. The number of rotatable bonds is 3. The van der Waals surface area contributed by atoms with Crippen molar-refractivity contribution in [3.63, 3.8) is 0 Å². The fourth-order valence-electron chi connectivity index (χ4n) is 2.44. The van der Waals surface area contributed by atoms with Gasteiger partial charge in [0.05, 0.1) is 5.60 Å². The van der Waals surface area contributed by atoms with Gasteiger partial charge in [-0.2, -0.15) is 0 Å². The van der Waals surface area contributed by atoms with Gasteiger partial charge in [-0.25, -0.2) is 0 Å². The van der Waals surface area contributed by atoms with E-state index in [1.807, 2.05) is 55.5 Å². The van der Waals surface area contributed by atoms with Gasteiger partial charge in [0.15, 0.2) is 5.78 Å². The lowest BCUT2D eigenvalue weighted by Gasteiger charge is -2.33. The van der Waals surface area contributed by atoms with Crippen molar-refractivity contribution in [3.05, 3.63) is 60.2 Å². The molecule has 2 rings (SSSR count). The van der Waals surface area contributed by atoms with Gasteiger partial charge in [0, 0.05) is 17.4 Å². The number of aliphatic hydroxyl groups is 1. The van der Waals surface area contributed by atoms with Crippen LogP contribution in [0.4, 0.5) is 0 Å². The summed E-state index contributed by atoms with van der Waals surface area (Å²) in [6.45, 7) is 3.62. The number of hydrogen-bond acceptors (Lipinski definition) is 2. The molecule has 0 fully saturated rings. The zero-order valence-electron chi connectivity index (χ0n) is 10.7. The molecule has 1 aliphatic carbocycles. The number of ketones is 1. The van der Waals surface area contributed by atoms with E-state index in [2.05, 4.69) is 0 Å². The highest BCUT2D eigenvalue weighted by Gasteiger charge is 2.36. The molecule has 3 unspecified atom stereocenters. The highest BCUT2D eigenvalue weighted by molar-refractivity contribution is 5.98. The summed E-state index contributed by atoms with van der Waals surface area (Å²) in [4.78, 5) is 12.4. The van der Waals surface area contributed by atoms with Crippen molar-refractivity contribution in [2.24, 2.45) is 11.8 Å². The van der Waals surface area contributed by atoms with Crippen molar-refractivity contribution in [2.45, 2.75) is 19.4 Å². The smallest absolute Gasteiger partial charge is 0.166 e. The molecule has 0 saturated carbocycles. The van der Waals surface area contributed by atoms with E-state index in [0.29, 0.717) is 5.56 Å². The molecule has 1 aromatic rings. The highest BCUT2D eigenvalue weighted by atomic mass is 16.3. The lowest BCUT2D eigenvalue weighted by atomic mass is 9.75. The van der Waals surface area contributed by atoms with E-state index in [-0.39, 0.29) is 17.6 Å². The van der Waals surface area contributed by atoms with Gasteiger partial charge in [0.2, 0.25) is 0 Å². The summed E-state index contributed by atoms with van der Waals surface area (Å²) in [7, 11) is 0. The molecule has 0 aromatic heterocycles. The standard InChI is InChI=1S/C16H18O2/c1-12(14-10-6-7-11-16(14,2)18)15(17)13-8-4-3-5-9-13/h3-12,14,18H,1-2H3. The molecule has 0 radical (unpaired) electrons. The molecule has 0 heterocycles. The Labute approximate surface area is 108 Å². The first-order chi connectivity index (χ1) is 8.52. The van der Waals surface area contributed by atoms with Gasteiger partial charge in [-0.05, 0) is 6.92 Å². The van der Waals surface area contributed by atoms with Crippen LogP contribution in [0.3, 0.4) is 0 Å². The summed E-state index contributed by atoms with van der Waals surface area (Å²) >= 11 is 0. The summed E-state index contributed by atoms with van der Waals surface area (Å²) in [5.74, 6) is -0.361. The van der Waals surface area contributed by atoms with E-state index in [4.69, 9.17) is 0 Å². The lowest BCUT2D eigenvalue weighted by molar-refractivity contribution is 0.0384. The maximum Gasteiger partial charge on any atom is 0.166 e. The van der Waals surface area contributed by atoms with Crippen LogP contribution in [0.5, 0.6) is 0 Å². The van der Waals surface area contributed by atoms with Gasteiger partial charge in [0.25, 0.3) is 0 Å². The first-order valence-corrected chi connectivity index (χ1v) is 6.20. The van der Waals surface area contributed by atoms with Crippen LogP contribution in [0.1, 0.15) is 24.2 Å². The molecule has 1 aromatic carbocycles. The average molecular weight is 242 g/mol. The molecule has 18 heavy (non-hydrogen) atoms. The molecule has 0 spiro atoms. The average Bonchev–Trinajstić information content (AvgIpc) is 2.37. The van der Waals surface area contributed by atoms with E-state index < -0.39 is 5.60 Å². The van der Waals surface area contributed by atoms with E-state index in [9.17, 15) is 9.90 Å². The van der Waals surface area contributed by atoms with Gasteiger partial charge in [0.1, 0.15) is 0 Å². The maximum absolute atomic E-state index is 12.4. The van der Waals surface area contributed by atoms with Crippen LogP contribution in [0.25, 0.3) is 0 Å². The Morgan fingerprint density at radius 1 is 1.28 bits per heavy atom. The van der Waals surface area contributed by atoms with Crippen molar-refractivity contribution in [1.29, 1.82) is 0 Å². The van der Waals surface area contributed by atoms with Crippen LogP contribution >= 0.6 is 0 Å². The second-order valence-electron chi connectivity index (χ2n) is 5.01. The van der Waals surface area contributed by atoms with E-state index in [1.165, 1.54) is 0 Å². The number of Topliss-reactive ketones (excluding diaryl/α,β-unsaturated/α-hetero) is 1. The van der Waals surface area contributed by atoms with E-state index >= 15 is 0 Å². The monoisotopic (exact) mass is 242 g/mol. The van der Waals surface area contributed by atoms with E-state index in [0.717, 1.165) is 0 Å². The number of allylic oxidation sites excluding steroid dienone is 2. The molecule has 0 amide bonds. The van der Waals surface area contributed by atoms with Crippen LogP contribution in [0.15, 0.2) is 54.6 Å². The number of carbonyl (C=O) groups excluding carboxylic acids is 1. The number of hydrogen-bond donors (Lipinski definition) is 1. The van der Waals surface area contributed by atoms with Crippen LogP contribution in [0, 0.1) is 11.8 Å². The summed E-state index contributed by atoms with van der Waals surface area (Å²) in [6.07, 6.45) is 7.35. The lowest BCUT2D eigenvalue weighted by Crippen LogP contribution is -2.39. The Kier molecular flexibility index (Phi) is 3.48. The van der Waals surface area contributed by atoms with Crippen molar-refractivity contribution < 1.29 is 9.90 Å². The largest absolute Gasteiger partial charge is 0.385 e. The fraction of sp³-hybridized carbons (Fsp3) is 0.312. The Morgan fingerprint density at radius 2 is 1.94 bits per heavy atom. The third kappa shape index (κ3) is 2.44. The van der Waals surface area contributed by atoms with Crippen LogP contribution in [-0.2, 0) is 0 Å². The minimum absolute atomic E-state index is 0.0702. The third-order valence-electron chi connectivity index (χ3n) is 3.55. The number of carbonyl (C=O) groups is 1. The highest BCUT2D eigenvalue weighted by Crippen LogP contribution is 2.32. The Morgan fingerprint density at radius 3 is 2.56 bits per heavy atom. The van der Waals surface area contributed by atoms with Crippen molar-refractivity contribution in [2.75, 3.05) is 0 Å². The second kappa shape index (κ2) is 4.91. The fourth-order valence-corrected chi connectivity index (χ4v) is 2.44. The molecule has 0 saturated heterocycles. The Hall–Kier alpha value is -1.67. The Bertz CT molecular complexity index is 483. The van der Waals surface area contributed by atoms with Crippen molar-refractivity contribution >= 4 is 5.78 Å². The first kappa shape index (κ1) is 12.8. The molecular weight excluding hydrogens is 224 g/mol. The van der Waals surface area contributed by atoms with E-state index in [1.54, 1.807) is 13.0 Å². The quantitative estimate of drug-likeness (QED) is 0.827. The minimum atomic E-state index is -0.960. The van der Waals surface area contributed by atoms with Gasteiger partial charge in [-0.1, -0.05) is 61.6 Å². The molecule has 2 heteroatoms. The van der Waals surface area contributed by atoms with Crippen molar-refractivity contribution in [1.82, 2.24) is 0 Å². The summed E-state index contributed by atoms with van der Waals surface area (Å²) in [6, 6.07) is 9.23. The summed E-state index contributed by atoms with van der Waals surface area (Å²) in [5, 5.41) is 10.3. The van der Waals surface area contributed by atoms with Crippen molar-refractivity contribution in [3.8, 4) is 0 Å². The van der Waals surface area contributed by atoms with Gasteiger partial charge < -0.3 is 5.11 Å². The number of benzene rings is 1. The SMILES string of the molecule is CC(C(=O)c1ccccc1)C1C=CC=CC1(C)O. The minimum Gasteiger partial charge on any atom is -0.385 e. The molecule has 3 atom stereocenters. The molecule has 94 valence electrons. The molecule has 2 nitrogen and oxygen atoms in total. The normalized spacial score (nSPS) is 28.1. The van der Waals surface area contributed by atoms with Crippen LogP contribution < -0.4 is 0 Å². The molecular formula is C16H18O2. The van der Waals surface area contributed by atoms with Crippen LogP contribution in [0.2, 0.25) is 0 Å². The Balaban J connectivity index is 2.22. The van der Waals surface area contributed by atoms with Gasteiger partial charge in [-0.15, -0.1) is 0 Å². The van der Waals surface area contributed by atoms with Gasteiger partial charge >= 0.3 is 0 Å². The van der Waals surface area contributed by atoms with Gasteiger partial charge in [-0.3, -0.25) is 4.79 Å². The third-order valence-corrected chi connectivity index (χ3v) is 3.55. The molecule has 1 aliphatic rings. The zero-order valence-corrected chi connectivity index (χ0v) is 10.7. The second-order valence-corrected chi connectivity index (χ2v) is 5.01. The molecule has 0 aliphatic heterocycles. The maximum atomic E-state index is 12.4. The zero-order chi connectivity index (χ0) is 13.2. The molecule has 0 bridgehead atoms. The summed E-state index contributed by atoms with van der Waals surface area (Å²) < 4.78 is 0.